The minimum absolute atomic E-state index is 0.572. The second-order valence-electron chi connectivity index (χ2n) is 1.99. The number of aromatic nitrogens is 2. The van der Waals surface area contributed by atoms with E-state index in [-0.39, 0.29) is 0 Å². The fraction of sp³-hybridized carbons (Fsp3) is 0. The Kier molecular flexibility index (Phi) is 0.736. The first-order valence-electron chi connectivity index (χ1n) is 2.66. The quantitative estimate of drug-likeness (QED) is 0.454. The Morgan fingerprint density at radius 2 is 1.00 bits per heavy atom. The van der Waals surface area contributed by atoms with Gasteiger partial charge in [0, 0.05) is 0 Å². The summed E-state index contributed by atoms with van der Waals surface area (Å²) < 4.78 is 1.14. The first-order chi connectivity index (χ1) is 5.13. The van der Waals surface area contributed by atoms with Crippen LogP contribution >= 0.6 is 0 Å². The molecule has 0 bridgehead atoms. The third-order valence-electron chi connectivity index (χ3n) is 1.28. The molecule has 0 radical (unpaired) electrons. The van der Waals surface area contributed by atoms with E-state index in [9.17, 15) is 19.2 Å². The first kappa shape index (κ1) is 5.83. The van der Waals surface area contributed by atoms with Gasteiger partial charge >= 0.3 is 22.2 Å². The smallest absolute Gasteiger partial charge is 0.261 e. The van der Waals surface area contributed by atoms with Crippen molar-refractivity contribution in [2.24, 2.45) is 0 Å². The summed E-state index contributed by atoms with van der Waals surface area (Å²) >= 11 is 0. The highest BCUT2D eigenvalue weighted by atomic mass is 16.2. The summed E-state index contributed by atoms with van der Waals surface area (Å²) in [6, 6.07) is 0. The van der Waals surface area contributed by atoms with E-state index in [1.807, 2.05) is 5.53 Å². The minimum Gasteiger partial charge on any atom is -0.261 e. The molecule has 0 saturated heterocycles. The zero-order valence-electron chi connectivity index (χ0n) is 5.03. The molecule has 0 fully saturated rings. The Bertz CT molecular complexity index is 444. The van der Waals surface area contributed by atoms with Gasteiger partial charge in [0.25, 0.3) is 0 Å². The van der Waals surface area contributed by atoms with E-state index in [4.69, 9.17) is 0 Å². The second-order valence-corrected chi connectivity index (χ2v) is 1.99. The molecule has 0 unspecified atom stereocenters. The number of nitrogens with one attached hydrogen (secondary N) is 1. The molecule has 2 aromatic rings. The van der Waals surface area contributed by atoms with Crippen LogP contribution in [0.5, 0.6) is 0 Å². The maximum absolute atomic E-state index is 10.3. The maximum Gasteiger partial charge on any atom is 0.341 e. The van der Waals surface area contributed by atoms with Crippen molar-refractivity contribution in [2.75, 3.05) is 5.53 Å². The van der Waals surface area contributed by atoms with Crippen molar-refractivity contribution in [2.45, 2.75) is 0 Å². The lowest BCUT2D eigenvalue weighted by Gasteiger charge is -1.86. The van der Waals surface area contributed by atoms with Crippen molar-refractivity contribution in [1.82, 2.24) is 9.35 Å². The van der Waals surface area contributed by atoms with Gasteiger partial charge in [-0.15, -0.1) is 0 Å². The molecule has 0 aromatic carbocycles. The van der Waals surface area contributed by atoms with Crippen LogP contribution in [-0.4, -0.2) is 9.35 Å². The zero-order valence-corrected chi connectivity index (χ0v) is 5.03. The van der Waals surface area contributed by atoms with Crippen LogP contribution < -0.4 is 27.8 Å². The molecule has 2 heterocycles. The lowest BCUT2D eigenvalue weighted by molar-refractivity contribution is 0.825. The van der Waals surface area contributed by atoms with E-state index in [0.717, 1.165) is 0 Å². The zero-order chi connectivity index (χ0) is 8.17. The lowest BCUT2D eigenvalue weighted by Crippen LogP contribution is -2.19. The molecule has 11 heavy (non-hydrogen) atoms. The molecule has 1 N–H and O–H groups in total. The monoisotopic (exact) mass is 155 g/mol. The summed E-state index contributed by atoms with van der Waals surface area (Å²) in [7, 11) is 0. The van der Waals surface area contributed by atoms with Crippen molar-refractivity contribution in [3.8, 4) is 0 Å². The molecule has 7 heteroatoms. The minimum atomic E-state index is -0.752. The van der Waals surface area contributed by atoms with Gasteiger partial charge in [-0.3, -0.25) is 19.2 Å². The molecule has 7 nitrogen and oxygen atoms in total. The van der Waals surface area contributed by atoms with Crippen LogP contribution in [0, 0.1) is 0 Å². The highest BCUT2D eigenvalue weighted by Crippen LogP contribution is 1.64. The maximum atomic E-state index is 10.3. The molecule has 0 atom stereocenters. The average molecular weight is 155 g/mol. The van der Waals surface area contributed by atoms with Gasteiger partial charge in [0.05, 0.1) is 0 Å². The number of hydrogen-bond acceptors (Lipinski definition) is 5. The Morgan fingerprint density at radius 3 is 1.18 bits per heavy atom. The van der Waals surface area contributed by atoms with Crippen LogP contribution in [0.3, 0.4) is 0 Å². The van der Waals surface area contributed by atoms with Gasteiger partial charge in [-0.25, -0.2) is 5.53 Å². The SMILES string of the molecule is O=c1c(=O)n1Nn1c(=O)c1=O. The summed E-state index contributed by atoms with van der Waals surface area (Å²) in [6.45, 7) is 0. The van der Waals surface area contributed by atoms with E-state index in [1.165, 1.54) is 0 Å². The molecule has 0 saturated carbocycles. The van der Waals surface area contributed by atoms with Crippen molar-refractivity contribution in [1.29, 1.82) is 0 Å². The molecule has 0 amide bonds. The molecule has 0 spiro atoms. The summed E-state index contributed by atoms with van der Waals surface area (Å²) in [5.74, 6) is 0. The van der Waals surface area contributed by atoms with E-state index in [0.29, 0.717) is 9.35 Å². The number of hydrogen-bond donors (Lipinski definition) is 1. The van der Waals surface area contributed by atoms with Gasteiger partial charge in [0.2, 0.25) is 0 Å². The van der Waals surface area contributed by atoms with Gasteiger partial charge in [-0.05, 0) is 0 Å². The molecule has 2 rings (SSSR count). The molecule has 0 aliphatic rings. The fourth-order valence-electron chi connectivity index (χ4n) is 0.551. The van der Waals surface area contributed by atoms with Gasteiger partial charge in [0.15, 0.2) is 0 Å². The predicted molar refractivity (Wildman–Crippen MR) is 33.4 cm³/mol. The highest BCUT2D eigenvalue weighted by molar-refractivity contribution is 4.98. The second kappa shape index (κ2) is 1.39. The Hall–Kier alpha value is -1.92. The van der Waals surface area contributed by atoms with Crippen molar-refractivity contribution in [3.63, 3.8) is 0 Å². The van der Waals surface area contributed by atoms with Crippen LogP contribution in [0.4, 0.5) is 0 Å². The standard InChI is InChI=1S/C4HN3O4/c8-1-2(9)6(1)5-7-3(10)4(7)11/h5H. The Balaban J connectivity index is 2.29. The summed E-state index contributed by atoms with van der Waals surface area (Å²) in [5.41, 5.74) is -1.01. The predicted octanol–water partition coefficient (Wildman–Crippen LogP) is -3.51. The fourth-order valence-corrected chi connectivity index (χ4v) is 0.551. The van der Waals surface area contributed by atoms with Crippen molar-refractivity contribution in [3.05, 3.63) is 41.4 Å². The topological polar surface area (TPSA) is 90.2 Å². The molecule has 0 aliphatic carbocycles. The molecular weight excluding hydrogens is 154 g/mol. The molecular formula is C4HN3O4. The normalized spacial score (nSPS) is 11.3. The van der Waals surface area contributed by atoms with Crippen LogP contribution in [-0.2, 0) is 0 Å². The van der Waals surface area contributed by atoms with Gasteiger partial charge in [0.1, 0.15) is 0 Å². The first-order valence-corrected chi connectivity index (χ1v) is 2.66. The average Bonchev–Trinajstić information content (AvgIpc) is 2.72. The molecule has 56 valence electrons. The largest absolute Gasteiger partial charge is 0.341 e. The van der Waals surface area contributed by atoms with Gasteiger partial charge in [-0.1, -0.05) is 0 Å². The van der Waals surface area contributed by atoms with Gasteiger partial charge in [-0.2, -0.15) is 9.35 Å². The van der Waals surface area contributed by atoms with Crippen LogP contribution in [0.25, 0.3) is 0 Å². The lowest BCUT2D eigenvalue weighted by atomic mass is 11.1. The van der Waals surface area contributed by atoms with Crippen molar-refractivity contribution >= 4 is 0 Å². The van der Waals surface area contributed by atoms with Crippen LogP contribution in [0.2, 0.25) is 0 Å². The number of rotatable bonds is 2. The summed E-state index contributed by atoms with van der Waals surface area (Å²) in [5, 5.41) is 0. The molecule has 2 aromatic heterocycles. The molecule has 0 aliphatic heterocycles. The van der Waals surface area contributed by atoms with E-state index in [2.05, 4.69) is 0 Å². The highest BCUT2D eigenvalue weighted by Gasteiger charge is 2.22. The Labute approximate surface area is 57.4 Å². The summed E-state index contributed by atoms with van der Waals surface area (Å²) in [4.78, 5) is 41.0. The third kappa shape index (κ3) is 0.613. The van der Waals surface area contributed by atoms with Crippen LogP contribution in [0.15, 0.2) is 19.2 Å². The van der Waals surface area contributed by atoms with Crippen molar-refractivity contribution < 1.29 is 0 Å². The Morgan fingerprint density at radius 1 is 0.727 bits per heavy atom. The van der Waals surface area contributed by atoms with E-state index >= 15 is 0 Å². The summed E-state index contributed by atoms with van der Waals surface area (Å²) in [6.07, 6.45) is 0. The third-order valence-corrected chi connectivity index (χ3v) is 1.28. The van der Waals surface area contributed by atoms with Gasteiger partial charge < -0.3 is 0 Å². The number of nitrogens with zero attached hydrogens (tertiary/aromatic N) is 2. The van der Waals surface area contributed by atoms with E-state index in [1.54, 1.807) is 0 Å². The van der Waals surface area contributed by atoms with Crippen LogP contribution in [0.1, 0.15) is 0 Å². The van der Waals surface area contributed by atoms with E-state index < -0.39 is 22.2 Å².